The fraction of sp³-hybridized carbons (Fsp3) is 0.364. The number of Topliss-reactive ketones (excluding diaryl/α,β-unsaturated/α-hetero) is 1. The molecule has 1 aliphatic rings. The molecule has 2 aromatic carbocycles. The summed E-state index contributed by atoms with van der Waals surface area (Å²) in [6.45, 7) is 5.09. The van der Waals surface area contributed by atoms with Crippen LogP contribution in [0.4, 0.5) is 4.39 Å². The molecule has 4 nitrogen and oxygen atoms in total. The lowest BCUT2D eigenvalue weighted by Crippen LogP contribution is -2.38. The lowest BCUT2D eigenvalue weighted by Gasteiger charge is -2.31. The number of hydrogen-bond acceptors (Lipinski definition) is 4. The van der Waals surface area contributed by atoms with E-state index in [-0.39, 0.29) is 36.4 Å². The Labute approximate surface area is 192 Å². The molecular formula is C22H26Cl2FN3OS. The Morgan fingerprint density at radius 2 is 1.80 bits per heavy atom. The largest absolute Gasteiger partial charge is 0.317 e. The highest BCUT2D eigenvalue weighted by Gasteiger charge is 2.22. The van der Waals surface area contributed by atoms with Gasteiger partial charge in [-0.1, -0.05) is 17.4 Å². The van der Waals surface area contributed by atoms with Gasteiger partial charge in [-0.3, -0.25) is 15.1 Å². The topological polar surface area (TPSA) is 49.1 Å². The van der Waals surface area contributed by atoms with Gasteiger partial charge in [0.05, 0.1) is 16.8 Å². The minimum Gasteiger partial charge on any atom is -0.317 e. The van der Waals surface area contributed by atoms with Crippen molar-refractivity contribution in [3.63, 3.8) is 0 Å². The maximum Gasteiger partial charge on any atom is 0.182 e. The van der Waals surface area contributed by atoms with E-state index in [9.17, 15) is 9.18 Å². The molecule has 1 aliphatic heterocycles. The maximum absolute atomic E-state index is 13.0. The molecule has 0 atom stereocenters. The van der Waals surface area contributed by atoms with Crippen LogP contribution in [0.5, 0.6) is 0 Å². The minimum atomic E-state index is -0.320. The molecule has 0 spiro atoms. The number of aromatic nitrogens is 1. The van der Waals surface area contributed by atoms with Crippen LogP contribution in [0.15, 0.2) is 42.5 Å². The number of hydrogen-bond donors (Lipinski definition) is 1. The molecule has 0 amide bonds. The van der Waals surface area contributed by atoms with E-state index in [2.05, 4.69) is 34.6 Å². The molecule has 2 heterocycles. The Balaban J connectivity index is 0.00000160. The third-order valence-electron chi connectivity index (χ3n) is 5.54. The third kappa shape index (κ3) is 5.49. The van der Waals surface area contributed by atoms with Crippen molar-refractivity contribution in [1.29, 1.82) is 5.41 Å². The number of aryl methyl sites for hydroxylation is 1. The van der Waals surface area contributed by atoms with E-state index in [1.807, 2.05) is 0 Å². The molecule has 1 N–H and O–H groups in total. The van der Waals surface area contributed by atoms with Crippen LogP contribution in [-0.2, 0) is 6.54 Å². The van der Waals surface area contributed by atoms with Gasteiger partial charge in [-0.2, -0.15) is 0 Å². The van der Waals surface area contributed by atoms with E-state index in [1.54, 1.807) is 12.1 Å². The third-order valence-corrected chi connectivity index (χ3v) is 6.50. The van der Waals surface area contributed by atoms with E-state index in [0.717, 1.165) is 38.0 Å². The Morgan fingerprint density at radius 1 is 1.13 bits per heavy atom. The normalized spacial score (nSPS) is 14.9. The van der Waals surface area contributed by atoms with Crippen molar-refractivity contribution >= 4 is 52.2 Å². The molecule has 0 radical (unpaired) electrons. The highest BCUT2D eigenvalue weighted by Crippen LogP contribution is 2.24. The van der Waals surface area contributed by atoms with Crippen molar-refractivity contribution in [2.24, 2.45) is 5.92 Å². The number of carbonyl (C=O) groups is 1. The number of rotatable bonds is 5. The zero-order chi connectivity index (χ0) is 19.7. The summed E-state index contributed by atoms with van der Waals surface area (Å²) in [6, 6.07) is 12.2. The molecular weight excluding hydrogens is 444 g/mol. The average molecular weight is 470 g/mol. The van der Waals surface area contributed by atoms with Crippen LogP contribution in [0.25, 0.3) is 10.2 Å². The van der Waals surface area contributed by atoms with Crippen LogP contribution < -0.4 is 4.80 Å². The number of carbonyl (C=O) groups excluding carboxylic acids is 1. The van der Waals surface area contributed by atoms with Crippen LogP contribution in [0.3, 0.4) is 0 Å². The number of likely N-dealkylation sites (tertiary alicyclic amines) is 1. The van der Waals surface area contributed by atoms with Gasteiger partial charge in [0, 0.05) is 12.1 Å². The Kier molecular flexibility index (Phi) is 8.62. The van der Waals surface area contributed by atoms with Crippen LogP contribution in [0.2, 0.25) is 0 Å². The monoisotopic (exact) mass is 469 g/mol. The molecule has 0 unspecified atom stereocenters. The molecule has 1 saturated heterocycles. The van der Waals surface area contributed by atoms with Crippen molar-refractivity contribution < 1.29 is 9.18 Å². The van der Waals surface area contributed by atoms with Gasteiger partial charge in [0.1, 0.15) is 5.82 Å². The maximum atomic E-state index is 13.0. The molecule has 4 rings (SSSR count). The van der Waals surface area contributed by atoms with Gasteiger partial charge < -0.3 is 4.57 Å². The second-order valence-corrected chi connectivity index (χ2v) is 8.67. The number of thiazole rings is 1. The zero-order valence-corrected chi connectivity index (χ0v) is 19.2. The number of nitrogens with zero attached hydrogens (tertiary/aromatic N) is 2. The van der Waals surface area contributed by atoms with Gasteiger partial charge in [0.15, 0.2) is 10.6 Å². The average Bonchev–Trinajstić information content (AvgIpc) is 2.98. The lowest BCUT2D eigenvalue weighted by molar-refractivity contribution is 0.0890. The standard InChI is InChI=1S/C22H24FN3OS.2ClH/c1-15-2-7-19-21(12-15)28-22(24)26(19)13-16-8-10-25(11-9-16)14-20(27)17-3-5-18(23)6-4-17;;/h2-7,12,16,24H,8-11,13-14H2,1H3;2*1H. The molecule has 0 aliphatic carbocycles. The van der Waals surface area contributed by atoms with Gasteiger partial charge in [-0.15, -0.1) is 24.8 Å². The van der Waals surface area contributed by atoms with E-state index in [4.69, 9.17) is 5.41 Å². The SMILES string of the molecule is Cc1ccc2c(c1)sc(=N)n2CC1CCN(CC(=O)c2ccc(F)cc2)CC1.Cl.Cl. The van der Waals surface area contributed by atoms with Crippen LogP contribution in [0.1, 0.15) is 28.8 Å². The Morgan fingerprint density at radius 3 is 2.47 bits per heavy atom. The molecule has 1 fully saturated rings. The molecule has 1 aromatic heterocycles. The van der Waals surface area contributed by atoms with Gasteiger partial charge in [-0.25, -0.2) is 4.39 Å². The molecule has 0 saturated carbocycles. The summed E-state index contributed by atoms with van der Waals surface area (Å²) in [6.07, 6.45) is 2.04. The molecule has 8 heteroatoms. The zero-order valence-electron chi connectivity index (χ0n) is 16.8. The minimum absolute atomic E-state index is 0. The predicted molar refractivity (Wildman–Crippen MR) is 125 cm³/mol. The summed E-state index contributed by atoms with van der Waals surface area (Å²) in [5.74, 6) is 0.241. The molecule has 0 bridgehead atoms. The van der Waals surface area contributed by atoms with Crippen LogP contribution in [0, 0.1) is 24.1 Å². The second kappa shape index (κ2) is 10.5. The number of fused-ring (bicyclic) bond motifs is 1. The highest BCUT2D eigenvalue weighted by atomic mass is 35.5. The fourth-order valence-corrected chi connectivity index (χ4v) is 4.91. The number of ketones is 1. The molecule has 30 heavy (non-hydrogen) atoms. The first-order valence-electron chi connectivity index (χ1n) is 9.65. The first-order valence-corrected chi connectivity index (χ1v) is 10.5. The first kappa shape index (κ1) is 24.5. The van der Waals surface area contributed by atoms with E-state index < -0.39 is 0 Å². The Hall–Kier alpha value is -1.73. The smallest absolute Gasteiger partial charge is 0.182 e. The number of nitrogens with one attached hydrogen (secondary N) is 1. The van der Waals surface area contributed by atoms with Crippen molar-refractivity contribution in [2.75, 3.05) is 19.6 Å². The molecule has 3 aromatic rings. The van der Waals surface area contributed by atoms with E-state index in [1.165, 1.54) is 33.7 Å². The van der Waals surface area contributed by atoms with Crippen LogP contribution in [-0.4, -0.2) is 34.9 Å². The van der Waals surface area contributed by atoms with Crippen molar-refractivity contribution in [2.45, 2.75) is 26.3 Å². The summed E-state index contributed by atoms with van der Waals surface area (Å²) in [7, 11) is 0. The predicted octanol–water partition coefficient (Wildman–Crippen LogP) is 5.07. The lowest BCUT2D eigenvalue weighted by atomic mass is 9.96. The van der Waals surface area contributed by atoms with Crippen LogP contribution >= 0.6 is 36.2 Å². The highest BCUT2D eigenvalue weighted by molar-refractivity contribution is 7.16. The number of benzene rings is 2. The Bertz CT molecular complexity index is 1060. The van der Waals surface area contributed by atoms with Gasteiger partial charge >= 0.3 is 0 Å². The van der Waals surface area contributed by atoms with Crippen molar-refractivity contribution in [1.82, 2.24) is 9.47 Å². The van der Waals surface area contributed by atoms with E-state index >= 15 is 0 Å². The van der Waals surface area contributed by atoms with Gasteiger partial charge in [0.25, 0.3) is 0 Å². The summed E-state index contributed by atoms with van der Waals surface area (Å²) >= 11 is 1.54. The second-order valence-electron chi connectivity index (χ2n) is 7.64. The first-order chi connectivity index (χ1) is 13.5. The van der Waals surface area contributed by atoms with E-state index in [0.29, 0.717) is 22.8 Å². The summed E-state index contributed by atoms with van der Waals surface area (Å²) in [4.78, 5) is 15.2. The number of piperidine rings is 1. The summed E-state index contributed by atoms with van der Waals surface area (Å²) < 4.78 is 16.3. The van der Waals surface area contributed by atoms with Gasteiger partial charge in [0.2, 0.25) is 0 Å². The molecule has 162 valence electrons. The van der Waals surface area contributed by atoms with Crippen molar-refractivity contribution in [3.8, 4) is 0 Å². The van der Waals surface area contributed by atoms with Crippen molar-refractivity contribution in [3.05, 3.63) is 64.2 Å². The van der Waals surface area contributed by atoms with Gasteiger partial charge in [-0.05, 0) is 80.7 Å². The summed E-state index contributed by atoms with van der Waals surface area (Å²) in [5.41, 5.74) is 2.94. The number of halogens is 3. The fourth-order valence-electron chi connectivity index (χ4n) is 3.89. The quantitative estimate of drug-likeness (QED) is 0.530. The summed E-state index contributed by atoms with van der Waals surface area (Å²) in [5, 5.41) is 8.33.